The van der Waals surface area contributed by atoms with E-state index in [-0.39, 0.29) is 5.38 Å². The Labute approximate surface area is 110 Å². The molecule has 0 spiro atoms. The first kappa shape index (κ1) is 11.2. The summed E-state index contributed by atoms with van der Waals surface area (Å²) in [5.74, 6) is 0.816. The summed E-state index contributed by atoms with van der Waals surface area (Å²) in [6.45, 7) is 0. The molecule has 2 aromatic heterocycles. The van der Waals surface area contributed by atoms with E-state index < -0.39 is 0 Å². The molecular formula is C14H12ClN3. The van der Waals surface area contributed by atoms with Crippen molar-refractivity contribution in [3.8, 4) is 0 Å². The highest BCUT2D eigenvalue weighted by molar-refractivity contribution is 6.22. The van der Waals surface area contributed by atoms with Gasteiger partial charge in [-0.1, -0.05) is 30.3 Å². The molecule has 0 radical (unpaired) electrons. The van der Waals surface area contributed by atoms with Crippen molar-refractivity contribution in [1.82, 2.24) is 14.5 Å². The SMILES string of the molecule is Cn1c(C(Cl)c2ccccc2)nc2cccnc21. The van der Waals surface area contributed by atoms with Crippen LogP contribution in [0.2, 0.25) is 0 Å². The minimum absolute atomic E-state index is 0.259. The second kappa shape index (κ2) is 4.42. The number of rotatable bonds is 2. The fourth-order valence-corrected chi connectivity index (χ4v) is 2.38. The van der Waals surface area contributed by atoms with Gasteiger partial charge in [-0.05, 0) is 17.7 Å². The van der Waals surface area contributed by atoms with Gasteiger partial charge in [0.2, 0.25) is 0 Å². The molecule has 0 aliphatic heterocycles. The van der Waals surface area contributed by atoms with E-state index in [1.165, 1.54) is 0 Å². The first-order valence-corrected chi connectivity index (χ1v) is 6.17. The van der Waals surface area contributed by atoms with Crippen LogP contribution < -0.4 is 0 Å². The van der Waals surface area contributed by atoms with Crippen LogP contribution in [0, 0.1) is 0 Å². The van der Waals surface area contributed by atoms with Crippen LogP contribution in [0.4, 0.5) is 0 Å². The average Bonchev–Trinajstić information content (AvgIpc) is 2.77. The first-order valence-electron chi connectivity index (χ1n) is 5.74. The van der Waals surface area contributed by atoms with Gasteiger partial charge >= 0.3 is 0 Å². The van der Waals surface area contributed by atoms with Gasteiger partial charge in [0, 0.05) is 13.2 Å². The number of imidazole rings is 1. The minimum atomic E-state index is -0.259. The molecule has 1 unspecified atom stereocenters. The molecule has 1 aromatic carbocycles. The summed E-state index contributed by atoms with van der Waals surface area (Å²) in [4.78, 5) is 8.88. The highest BCUT2D eigenvalue weighted by atomic mass is 35.5. The monoisotopic (exact) mass is 257 g/mol. The zero-order chi connectivity index (χ0) is 12.5. The Morgan fingerprint density at radius 1 is 1.11 bits per heavy atom. The summed E-state index contributed by atoms with van der Waals surface area (Å²) in [7, 11) is 1.94. The topological polar surface area (TPSA) is 30.7 Å². The number of alkyl halides is 1. The summed E-state index contributed by atoms with van der Waals surface area (Å²) >= 11 is 6.50. The zero-order valence-corrected chi connectivity index (χ0v) is 10.7. The highest BCUT2D eigenvalue weighted by Crippen LogP contribution is 2.29. The maximum Gasteiger partial charge on any atom is 0.159 e. The van der Waals surface area contributed by atoms with Crippen LogP contribution in [-0.4, -0.2) is 14.5 Å². The Bertz CT molecular complexity index is 676. The minimum Gasteiger partial charge on any atom is -0.314 e. The van der Waals surface area contributed by atoms with Crippen molar-refractivity contribution < 1.29 is 0 Å². The van der Waals surface area contributed by atoms with E-state index in [0.717, 1.165) is 22.6 Å². The second-order valence-electron chi connectivity index (χ2n) is 4.15. The Kier molecular flexibility index (Phi) is 2.76. The summed E-state index contributed by atoms with van der Waals surface area (Å²) in [5, 5.41) is -0.259. The molecule has 0 aliphatic carbocycles. The summed E-state index contributed by atoms with van der Waals surface area (Å²) in [5.41, 5.74) is 2.77. The molecule has 18 heavy (non-hydrogen) atoms. The normalized spacial score (nSPS) is 12.8. The lowest BCUT2D eigenvalue weighted by molar-refractivity contribution is 0.822. The van der Waals surface area contributed by atoms with Crippen LogP contribution in [0.15, 0.2) is 48.7 Å². The van der Waals surface area contributed by atoms with Crippen LogP contribution in [0.3, 0.4) is 0 Å². The first-order chi connectivity index (χ1) is 8.77. The number of halogens is 1. The van der Waals surface area contributed by atoms with Gasteiger partial charge in [0.25, 0.3) is 0 Å². The third-order valence-electron chi connectivity index (χ3n) is 2.98. The lowest BCUT2D eigenvalue weighted by atomic mass is 10.1. The largest absolute Gasteiger partial charge is 0.314 e. The predicted octanol–water partition coefficient (Wildman–Crippen LogP) is 3.30. The fourth-order valence-electron chi connectivity index (χ4n) is 2.04. The molecular weight excluding hydrogens is 246 g/mol. The summed E-state index contributed by atoms with van der Waals surface area (Å²) < 4.78 is 1.94. The fraction of sp³-hybridized carbons (Fsp3) is 0.143. The van der Waals surface area contributed by atoms with Gasteiger partial charge in [-0.15, -0.1) is 11.6 Å². The van der Waals surface area contributed by atoms with E-state index in [0.29, 0.717) is 0 Å². The molecule has 3 aromatic rings. The number of hydrogen-bond donors (Lipinski definition) is 0. The average molecular weight is 258 g/mol. The van der Waals surface area contributed by atoms with E-state index in [9.17, 15) is 0 Å². The lowest BCUT2D eigenvalue weighted by Gasteiger charge is -2.09. The molecule has 0 aliphatic rings. The van der Waals surface area contributed by atoms with Crippen molar-refractivity contribution in [3.63, 3.8) is 0 Å². The maximum absolute atomic E-state index is 6.50. The molecule has 4 heteroatoms. The van der Waals surface area contributed by atoms with Crippen molar-refractivity contribution in [2.24, 2.45) is 7.05 Å². The van der Waals surface area contributed by atoms with Gasteiger partial charge in [-0.2, -0.15) is 0 Å². The number of hydrogen-bond acceptors (Lipinski definition) is 2. The van der Waals surface area contributed by atoms with E-state index in [4.69, 9.17) is 11.6 Å². The zero-order valence-electron chi connectivity index (χ0n) is 9.92. The van der Waals surface area contributed by atoms with Gasteiger partial charge in [0.1, 0.15) is 16.7 Å². The number of benzene rings is 1. The lowest BCUT2D eigenvalue weighted by Crippen LogP contribution is -2.02. The number of aryl methyl sites for hydroxylation is 1. The van der Waals surface area contributed by atoms with E-state index >= 15 is 0 Å². The molecule has 3 nitrogen and oxygen atoms in total. The quantitative estimate of drug-likeness (QED) is 0.660. The van der Waals surface area contributed by atoms with Crippen molar-refractivity contribution in [2.75, 3.05) is 0 Å². The Morgan fingerprint density at radius 2 is 1.89 bits per heavy atom. The van der Waals surface area contributed by atoms with Crippen molar-refractivity contribution >= 4 is 22.8 Å². The van der Waals surface area contributed by atoms with Gasteiger partial charge < -0.3 is 4.57 Å². The van der Waals surface area contributed by atoms with Crippen LogP contribution in [0.5, 0.6) is 0 Å². The smallest absolute Gasteiger partial charge is 0.159 e. The van der Waals surface area contributed by atoms with Gasteiger partial charge in [0.05, 0.1) is 0 Å². The standard InChI is InChI=1S/C14H12ClN3/c1-18-13-11(8-5-9-16-13)17-14(18)12(15)10-6-3-2-4-7-10/h2-9,12H,1H3. The van der Waals surface area contributed by atoms with Crippen molar-refractivity contribution in [2.45, 2.75) is 5.38 Å². The van der Waals surface area contributed by atoms with Crippen molar-refractivity contribution in [3.05, 3.63) is 60.0 Å². The Balaban J connectivity index is 2.12. The van der Waals surface area contributed by atoms with Crippen LogP contribution in [0.25, 0.3) is 11.2 Å². The molecule has 3 rings (SSSR count). The number of pyridine rings is 1. The van der Waals surface area contributed by atoms with E-state index in [1.54, 1.807) is 6.20 Å². The number of nitrogens with zero attached hydrogens (tertiary/aromatic N) is 3. The Hall–Kier alpha value is -1.87. The molecule has 0 bridgehead atoms. The van der Waals surface area contributed by atoms with Crippen molar-refractivity contribution in [1.29, 1.82) is 0 Å². The van der Waals surface area contributed by atoms with Crippen LogP contribution in [-0.2, 0) is 7.05 Å². The third kappa shape index (κ3) is 1.77. The molecule has 1 atom stereocenters. The second-order valence-corrected chi connectivity index (χ2v) is 4.58. The molecule has 0 saturated carbocycles. The van der Waals surface area contributed by atoms with E-state index in [1.807, 2.05) is 54.1 Å². The third-order valence-corrected chi connectivity index (χ3v) is 3.43. The predicted molar refractivity (Wildman–Crippen MR) is 72.6 cm³/mol. The highest BCUT2D eigenvalue weighted by Gasteiger charge is 2.18. The van der Waals surface area contributed by atoms with Crippen LogP contribution >= 0.6 is 11.6 Å². The molecule has 0 fully saturated rings. The molecule has 2 heterocycles. The van der Waals surface area contributed by atoms with Gasteiger partial charge in [-0.3, -0.25) is 0 Å². The Morgan fingerprint density at radius 3 is 2.61 bits per heavy atom. The number of fused-ring (bicyclic) bond motifs is 1. The molecule has 0 N–H and O–H groups in total. The molecule has 0 amide bonds. The summed E-state index contributed by atoms with van der Waals surface area (Å²) in [6, 6.07) is 13.8. The van der Waals surface area contributed by atoms with Gasteiger partial charge in [0.15, 0.2) is 5.65 Å². The van der Waals surface area contributed by atoms with E-state index in [2.05, 4.69) is 9.97 Å². The summed E-state index contributed by atoms with van der Waals surface area (Å²) in [6.07, 6.45) is 1.76. The molecule has 90 valence electrons. The maximum atomic E-state index is 6.50. The van der Waals surface area contributed by atoms with Gasteiger partial charge in [-0.25, -0.2) is 9.97 Å². The number of aromatic nitrogens is 3. The molecule has 0 saturated heterocycles. The van der Waals surface area contributed by atoms with Crippen LogP contribution in [0.1, 0.15) is 16.8 Å².